The molecule has 0 radical (unpaired) electrons. The van der Waals surface area contributed by atoms with Crippen LogP contribution in [0.3, 0.4) is 0 Å². The summed E-state index contributed by atoms with van der Waals surface area (Å²) in [5, 5.41) is 2.64. The second-order valence-corrected chi connectivity index (χ2v) is 11.4. The summed E-state index contributed by atoms with van der Waals surface area (Å²) in [6, 6.07) is 40.9. The second-order valence-electron chi connectivity index (χ2n) is 8.85. The SMILES string of the molecule is c1ccc2c(c1)Sc1ccccc1C21SC12c1ccccc1-c1cc3ccccc3cc12. The Kier molecular flexibility index (Phi) is 3.24. The normalized spacial score (nSPS) is 20.6. The lowest BCUT2D eigenvalue weighted by atomic mass is 9.75. The summed E-state index contributed by atoms with van der Waals surface area (Å²) in [5.41, 5.74) is 8.66. The maximum atomic E-state index is 2.47. The monoisotopic (exact) mass is 442 g/mol. The van der Waals surface area contributed by atoms with Crippen molar-refractivity contribution in [3.8, 4) is 11.1 Å². The molecule has 1 atom stereocenters. The van der Waals surface area contributed by atoms with Crippen molar-refractivity contribution in [2.45, 2.75) is 19.3 Å². The minimum absolute atomic E-state index is 0.0872. The Morgan fingerprint density at radius 2 is 0.969 bits per heavy atom. The van der Waals surface area contributed by atoms with Gasteiger partial charge in [-0.3, -0.25) is 0 Å². The predicted molar refractivity (Wildman–Crippen MR) is 136 cm³/mol. The first-order valence-corrected chi connectivity index (χ1v) is 12.7. The summed E-state index contributed by atoms with van der Waals surface area (Å²) in [7, 11) is 0. The fourth-order valence-electron chi connectivity index (χ4n) is 6.06. The van der Waals surface area contributed by atoms with E-state index < -0.39 is 0 Å². The van der Waals surface area contributed by atoms with Gasteiger partial charge in [-0.05, 0) is 68.4 Å². The van der Waals surface area contributed by atoms with Crippen LogP contribution in [0.25, 0.3) is 21.9 Å². The van der Waals surface area contributed by atoms with E-state index in [0.29, 0.717) is 0 Å². The standard InChI is InChI=1S/C30H18S2/c1-2-10-20-18-26-22(17-19(20)9-1)21-11-3-4-12-23(21)29(26)30(32-29)24-13-5-7-15-27(24)31-28-16-8-6-14-25(28)30/h1-18H. The van der Waals surface area contributed by atoms with Crippen molar-refractivity contribution >= 4 is 34.3 Å². The van der Waals surface area contributed by atoms with Crippen molar-refractivity contribution in [3.05, 3.63) is 131 Å². The number of benzene rings is 5. The zero-order chi connectivity index (χ0) is 20.9. The molecular weight excluding hydrogens is 424 g/mol. The lowest BCUT2D eigenvalue weighted by Gasteiger charge is -2.31. The van der Waals surface area contributed by atoms with Gasteiger partial charge in [0.05, 0.1) is 9.49 Å². The minimum Gasteiger partial charge on any atom is -0.124 e. The molecule has 5 aromatic carbocycles. The van der Waals surface area contributed by atoms with E-state index >= 15 is 0 Å². The van der Waals surface area contributed by atoms with Gasteiger partial charge >= 0.3 is 0 Å². The summed E-state index contributed by atoms with van der Waals surface area (Å²) in [6.07, 6.45) is 0. The van der Waals surface area contributed by atoms with Crippen LogP contribution in [-0.4, -0.2) is 0 Å². The van der Waals surface area contributed by atoms with E-state index in [2.05, 4.69) is 121 Å². The maximum Gasteiger partial charge on any atom is 0.0921 e. The predicted octanol–water partition coefficient (Wildman–Crippen LogP) is 8.22. The molecule has 2 heteroatoms. The summed E-state index contributed by atoms with van der Waals surface area (Å²) >= 11 is 4.05. The molecule has 32 heavy (non-hydrogen) atoms. The van der Waals surface area contributed by atoms with Crippen LogP contribution >= 0.6 is 23.5 Å². The van der Waals surface area contributed by atoms with Crippen molar-refractivity contribution in [3.63, 3.8) is 0 Å². The molecular formula is C30H18S2. The van der Waals surface area contributed by atoms with Crippen LogP contribution in [0.5, 0.6) is 0 Å². The Bertz CT molecular complexity index is 1550. The molecule has 8 rings (SSSR count). The van der Waals surface area contributed by atoms with Gasteiger partial charge in [0.15, 0.2) is 0 Å². The van der Waals surface area contributed by atoms with Crippen LogP contribution in [0.15, 0.2) is 119 Å². The maximum absolute atomic E-state index is 2.47. The van der Waals surface area contributed by atoms with Crippen molar-refractivity contribution in [2.75, 3.05) is 0 Å². The van der Waals surface area contributed by atoms with Gasteiger partial charge in [0, 0.05) is 9.79 Å². The third kappa shape index (κ3) is 1.91. The van der Waals surface area contributed by atoms with E-state index in [4.69, 9.17) is 0 Å². The van der Waals surface area contributed by atoms with E-state index in [-0.39, 0.29) is 9.49 Å². The molecule has 1 unspecified atom stereocenters. The van der Waals surface area contributed by atoms with Crippen molar-refractivity contribution < 1.29 is 0 Å². The molecule has 3 aliphatic rings. The minimum atomic E-state index is -0.0880. The first kappa shape index (κ1) is 17.6. The Morgan fingerprint density at radius 1 is 0.438 bits per heavy atom. The molecule has 1 aliphatic carbocycles. The highest BCUT2D eigenvalue weighted by molar-refractivity contribution is 8.09. The highest BCUT2D eigenvalue weighted by Crippen LogP contribution is 2.86. The lowest BCUT2D eigenvalue weighted by Crippen LogP contribution is -2.26. The average molecular weight is 443 g/mol. The fraction of sp³-hybridized carbons (Fsp3) is 0.0667. The molecule has 1 saturated heterocycles. The molecule has 2 heterocycles. The second kappa shape index (κ2) is 5.89. The molecule has 0 amide bonds. The van der Waals surface area contributed by atoms with E-state index in [1.807, 2.05) is 11.8 Å². The van der Waals surface area contributed by atoms with Crippen LogP contribution in [0.1, 0.15) is 22.3 Å². The molecule has 0 saturated carbocycles. The smallest absolute Gasteiger partial charge is 0.0921 e. The van der Waals surface area contributed by atoms with Crippen LogP contribution in [0.2, 0.25) is 0 Å². The van der Waals surface area contributed by atoms with Gasteiger partial charge in [0.25, 0.3) is 0 Å². The Hall–Kier alpha value is -2.94. The van der Waals surface area contributed by atoms with Gasteiger partial charge in [0.2, 0.25) is 0 Å². The van der Waals surface area contributed by atoms with Gasteiger partial charge in [0.1, 0.15) is 0 Å². The number of rotatable bonds is 0. The van der Waals surface area contributed by atoms with Gasteiger partial charge < -0.3 is 0 Å². The van der Waals surface area contributed by atoms with E-state index in [9.17, 15) is 0 Å². The third-order valence-corrected chi connectivity index (χ3v) is 10.4. The van der Waals surface area contributed by atoms with Gasteiger partial charge in [-0.15, -0.1) is 11.8 Å². The lowest BCUT2D eigenvalue weighted by molar-refractivity contribution is 0.676. The molecule has 2 spiro atoms. The van der Waals surface area contributed by atoms with Crippen LogP contribution in [0.4, 0.5) is 0 Å². The van der Waals surface area contributed by atoms with E-state index in [0.717, 1.165) is 0 Å². The summed E-state index contributed by atoms with van der Waals surface area (Å²) in [6.45, 7) is 0. The number of fused-ring (bicyclic) bond motifs is 11. The van der Waals surface area contributed by atoms with Crippen molar-refractivity contribution in [2.24, 2.45) is 0 Å². The highest BCUT2D eigenvalue weighted by Gasteiger charge is 2.76. The molecule has 5 aromatic rings. The molecule has 150 valence electrons. The summed E-state index contributed by atoms with van der Waals surface area (Å²) in [4.78, 5) is 2.78. The van der Waals surface area contributed by atoms with E-state index in [1.54, 1.807) is 0 Å². The topological polar surface area (TPSA) is 0 Å². The van der Waals surface area contributed by atoms with Crippen molar-refractivity contribution in [1.82, 2.24) is 0 Å². The zero-order valence-electron chi connectivity index (χ0n) is 17.2. The highest BCUT2D eigenvalue weighted by atomic mass is 32.2. The van der Waals surface area contributed by atoms with E-state index in [1.165, 1.54) is 53.9 Å². The Labute approximate surface area is 195 Å². The van der Waals surface area contributed by atoms with Gasteiger partial charge in [-0.1, -0.05) is 96.7 Å². The molecule has 1 fully saturated rings. The molecule has 0 nitrogen and oxygen atoms in total. The van der Waals surface area contributed by atoms with Gasteiger partial charge in [-0.2, -0.15) is 0 Å². The molecule has 2 aliphatic heterocycles. The summed E-state index contributed by atoms with van der Waals surface area (Å²) in [5.74, 6) is 0. The number of hydrogen-bond acceptors (Lipinski definition) is 2. The van der Waals surface area contributed by atoms with Crippen LogP contribution < -0.4 is 0 Å². The third-order valence-electron chi connectivity index (χ3n) is 7.37. The Morgan fingerprint density at radius 3 is 1.69 bits per heavy atom. The van der Waals surface area contributed by atoms with Crippen LogP contribution in [0, 0.1) is 0 Å². The van der Waals surface area contributed by atoms with Crippen molar-refractivity contribution in [1.29, 1.82) is 0 Å². The van der Waals surface area contributed by atoms with Gasteiger partial charge in [-0.25, -0.2) is 0 Å². The Balaban J connectivity index is 1.52. The fourth-order valence-corrected chi connectivity index (χ4v) is 9.38. The largest absolute Gasteiger partial charge is 0.124 e. The van der Waals surface area contributed by atoms with Crippen LogP contribution in [-0.2, 0) is 9.49 Å². The molecule has 0 aromatic heterocycles. The summed E-state index contributed by atoms with van der Waals surface area (Å²) < 4.78 is -0.175. The average Bonchev–Trinajstić information content (AvgIpc) is 3.47. The number of thioether (sulfide) groups is 1. The first-order valence-electron chi connectivity index (χ1n) is 11.0. The molecule has 0 N–H and O–H groups in total. The quantitative estimate of drug-likeness (QED) is 0.222. The first-order chi connectivity index (χ1) is 15.8. The number of hydrogen-bond donors (Lipinski definition) is 0. The zero-order valence-corrected chi connectivity index (χ0v) is 18.8. The molecule has 0 bridgehead atoms.